The largest absolute Gasteiger partial charge is 0.481 e. The Hall–Kier alpha value is -1.15. The van der Waals surface area contributed by atoms with Gasteiger partial charge in [0.2, 0.25) is 10.0 Å². The second kappa shape index (κ2) is 8.04. The average molecular weight is 281 g/mol. The van der Waals surface area contributed by atoms with Crippen molar-refractivity contribution < 1.29 is 28.2 Å². The fourth-order valence-electron chi connectivity index (χ4n) is 1.30. The molecule has 0 heterocycles. The predicted molar refractivity (Wildman–Crippen MR) is 64.7 cm³/mol. The first-order chi connectivity index (χ1) is 8.28. The molecule has 0 spiro atoms. The highest BCUT2D eigenvalue weighted by Crippen LogP contribution is 2.04. The Kier molecular flexibility index (Phi) is 7.53. The molecule has 18 heavy (non-hydrogen) atoms. The molecule has 7 nitrogen and oxygen atoms in total. The SMILES string of the molecule is CCCCS(=O)(=O)N[C@H](CCCC(=O)O)C(=O)O. The van der Waals surface area contributed by atoms with E-state index in [1.54, 1.807) is 0 Å². The quantitative estimate of drug-likeness (QED) is 0.533. The van der Waals surface area contributed by atoms with E-state index >= 15 is 0 Å². The van der Waals surface area contributed by atoms with Crippen molar-refractivity contribution in [3.63, 3.8) is 0 Å². The van der Waals surface area contributed by atoms with Crippen molar-refractivity contribution in [1.29, 1.82) is 0 Å². The topological polar surface area (TPSA) is 121 Å². The molecular weight excluding hydrogens is 262 g/mol. The maximum Gasteiger partial charge on any atom is 0.321 e. The summed E-state index contributed by atoms with van der Waals surface area (Å²) in [5.74, 6) is -2.44. The minimum atomic E-state index is -3.62. The van der Waals surface area contributed by atoms with E-state index in [4.69, 9.17) is 10.2 Å². The van der Waals surface area contributed by atoms with Gasteiger partial charge in [0, 0.05) is 6.42 Å². The summed E-state index contributed by atoms with van der Waals surface area (Å²) in [5, 5.41) is 17.3. The first-order valence-corrected chi connectivity index (χ1v) is 7.38. The van der Waals surface area contributed by atoms with E-state index < -0.39 is 28.0 Å². The third-order valence-electron chi connectivity index (χ3n) is 2.27. The molecule has 0 aliphatic heterocycles. The van der Waals surface area contributed by atoms with Gasteiger partial charge in [-0.15, -0.1) is 0 Å². The van der Waals surface area contributed by atoms with Crippen LogP contribution >= 0.6 is 0 Å². The molecule has 0 fully saturated rings. The number of carboxylic acid groups (broad SMARTS) is 2. The predicted octanol–water partition coefficient (Wildman–Crippen LogP) is 0.414. The van der Waals surface area contributed by atoms with Crippen LogP contribution in [0, 0.1) is 0 Å². The molecule has 0 saturated carbocycles. The Morgan fingerprint density at radius 1 is 1.22 bits per heavy atom. The van der Waals surface area contributed by atoms with Gasteiger partial charge in [-0.3, -0.25) is 9.59 Å². The lowest BCUT2D eigenvalue weighted by atomic mass is 10.1. The van der Waals surface area contributed by atoms with Gasteiger partial charge in [-0.2, -0.15) is 0 Å². The number of hydrogen-bond donors (Lipinski definition) is 3. The minimum Gasteiger partial charge on any atom is -0.481 e. The summed E-state index contributed by atoms with van der Waals surface area (Å²) in [6.07, 6.45) is 1.05. The van der Waals surface area contributed by atoms with Gasteiger partial charge >= 0.3 is 11.9 Å². The van der Waals surface area contributed by atoms with E-state index in [1.807, 2.05) is 6.92 Å². The molecule has 8 heteroatoms. The van der Waals surface area contributed by atoms with E-state index in [9.17, 15) is 18.0 Å². The number of aliphatic carboxylic acids is 2. The number of carboxylic acids is 2. The van der Waals surface area contributed by atoms with Crippen LogP contribution in [0.1, 0.15) is 39.0 Å². The number of rotatable bonds is 10. The molecule has 3 N–H and O–H groups in total. The first-order valence-electron chi connectivity index (χ1n) is 5.73. The highest BCUT2D eigenvalue weighted by atomic mass is 32.2. The van der Waals surface area contributed by atoms with E-state index in [-0.39, 0.29) is 25.0 Å². The van der Waals surface area contributed by atoms with Crippen LogP contribution in [0.4, 0.5) is 0 Å². The lowest BCUT2D eigenvalue weighted by Gasteiger charge is -2.14. The second-order valence-electron chi connectivity index (χ2n) is 3.97. The van der Waals surface area contributed by atoms with Crippen LogP contribution in [0.5, 0.6) is 0 Å². The third kappa shape index (κ3) is 8.02. The zero-order chi connectivity index (χ0) is 14.2. The molecule has 0 rings (SSSR count). The van der Waals surface area contributed by atoms with Gasteiger partial charge in [0.15, 0.2) is 0 Å². The van der Waals surface area contributed by atoms with Crippen molar-refractivity contribution >= 4 is 22.0 Å². The number of carbonyl (C=O) groups is 2. The minimum absolute atomic E-state index is 0.0347. The van der Waals surface area contributed by atoms with Crippen molar-refractivity contribution in [1.82, 2.24) is 4.72 Å². The van der Waals surface area contributed by atoms with E-state index in [1.165, 1.54) is 0 Å². The van der Waals surface area contributed by atoms with Crippen LogP contribution in [-0.2, 0) is 19.6 Å². The Balaban J connectivity index is 4.35. The zero-order valence-electron chi connectivity index (χ0n) is 10.3. The molecule has 106 valence electrons. The molecule has 0 saturated heterocycles. The Morgan fingerprint density at radius 3 is 2.28 bits per heavy atom. The van der Waals surface area contributed by atoms with Crippen LogP contribution < -0.4 is 4.72 Å². The second-order valence-corrected chi connectivity index (χ2v) is 5.84. The Labute approximate surface area is 106 Å². The molecular formula is C10H19NO6S. The van der Waals surface area contributed by atoms with E-state index in [2.05, 4.69) is 4.72 Å². The Morgan fingerprint density at radius 2 is 1.83 bits per heavy atom. The number of nitrogens with one attached hydrogen (secondary N) is 1. The smallest absolute Gasteiger partial charge is 0.321 e. The summed E-state index contributed by atoms with van der Waals surface area (Å²) in [6.45, 7) is 1.83. The van der Waals surface area contributed by atoms with Crippen LogP contribution in [0.25, 0.3) is 0 Å². The normalized spacial score (nSPS) is 13.2. The summed E-state index contributed by atoms with van der Waals surface area (Å²) in [6, 6.07) is -1.26. The monoisotopic (exact) mass is 281 g/mol. The number of sulfonamides is 1. The lowest BCUT2D eigenvalue weighted by molar-refractivity contribution is -0.140. The van der Waals surface area contributed by atoms with Gasteiger partial charge in [-0.1, -0.05) is 13.3 Å². The number of unbranched alkanes of at least 4 members (excludes halogenated alkanes) is 1. The van der Waals surface area contributed by atoms with Gasteiger partial charge < -0.3 is 10.2 Å². The van der Waals surface area contributed by atoms with Crippen molar-refractivity contribution in [2.45, 2.75) is 45.1 Å². The van der Waals surface area contributed by atoms with Gasteiger partial charge in [-0.25, -0.2) is 13.1 Å². The summed E-state index contributed by atoms with van der Waals surface area (Å²) in [4.78, 5) is 21.1. The molecule has 0 aliphatic carbocycles. The average Bonchev–Trinajstić information content (AvgIpc) is 2.24. The third-order valence-corrected chi connectivity index (χ3v) is 3.74. The molecule has 0 aromatic carbocycles. The highest BCUT2D eigenvalue weighted by molar-refractivity contribution is 7.89. The van der Waals surface area contributed by atoms with Crippen LogP contribution in [0.3, 0.4) is 0 Å². The number of hydrogen-bond acceptors (Lipinski definition) is 4. The highest BCUT2D eigenvalue weighted by Gasteiger charge is 2.23. The van der Waals surface area contributed by atoms with E-state index in [0.717, 1.165) is 0 Å². The molecule has 0 aromatic heterocycles. The summed E-state index contributed by atoms with van der Waals surface area (Å²) in [7, 11) is -3.62. The molecule has 0 aliphatic rings. The fourth-order valence-corrected chi connectivity index (χ4v) is 2.74. The van der Waals surface area contributed by atoms with Gasteiger partial charge in [-0.05, 0) is 19.3 Å². The van der Waals surface area contributed by atoms with Crippen molar-refractivity contribution in [2.75, 3.05) is 5.75 Å². The fraction of sp³-hybridized carbons (Fsp3) is 0.800. The molecule has 0 amide bonds. The van der Waals surface area contributed by atoms with E-state index in [0.29, 0.717) is 12.8 Å². The van der Waals surface area contributed by atoms with Gasteiger partial charge in [0.1, 0.15) is 6.04 Å². The maximum atomic E-state index is 11.5. The summed E-state index contributed by atoms with van der Waals surface area (Å²) >= 11 is 0. The Bertz CT molecular complexity index is 378. The molecule has 0 unspecified atom stereocenters. The molecule has 1 atom stereocenters. The lowest BCUT2D eigenvalue weighted by Crippen LogP contribution is -2.41. The van der Waals surface area contributed by atoms with Crippen molar-refractivity contribution in [3.05, 3.63) is 0 Å². The summed E-state index contributed by atoms with van der Waals surface area (Å²) < 4.78 is 25.1. The van der Waals surface area contributed by atoms with Gasteiger partial charge in [0.25, 0.3) is 0 Å². The standard InChI is InChI=1S/C10H19NO6S/c1-2-3-7-18(16,17)11-8(10(14)15)5-4-6-9(12)13/h8,11H,2-7H2,1H3,(H,12,13)(H,14,15)/t8-/m1/s1. The summed E-state index contributed by atoms with van der Waals surface area (Å²) in [5.41, 5.74) is 0. The zero-order valence-corrected chi connectivity index (χ0v) is 11.1. The molecule has 0 bridgehead atoms. The first kappa shape index (κ1) is 16.9. The maximum absolute atomic E-state index is 11.5. The van der Waals surface area contributed by atoms with Crippen molar-refractivity contribution in [2.24, 2.45) is 0 Å². The van der Waals surface area contributed by atoms with Crippen LogP contribution in [0.2, 0.25) is 0 Å². The van der Waals surface area contributed by atoms with Crippen LogP contribution in [0.15, 0.2) is 0 Å². The van der Waals surface area contributed by atoms with Crippen LogP contribution in [-0.4, -0.2) is 42.4 Å². The van der Waals surface area contributed by atoms with Crippen molar-refractivity contribution in [3.8, 4) is 0 Å². The molecule has 0 radical (unpaired) electrons. The van der Waals surface area contributed by atoms with Gasteiger partial charge in [0.05, 0.1) is 5.75 Å². The molecule has 0 aromatic rings.